The maximum absolute atomic E-state index is 11.8. The number of rotatable bonds is 8. The summed E-state index contributed by atoms with van der Waals surface area (Å²) in [6, 6.07) is 12.0. The first-order valence-electron chi connectivity index (χ1n) is 7.74. The number of aliphatic carboxylic acids is 1. The predicted molar refractivity (Wildman–Crippen MR) is 96.3 cm³/mol. The lowest BCUT2D eigenvalue weighted by Crippen LogP contribution is -2.42. The highest BCUT2D eigenvalue weighted by molar-refractivity contribution is 7.98. The lowest BCUT2D eigenvalue weighted by atomic mass is 10.2. The molecule has 25 heavy (non-hydrogen) atoms. The molecule has 1 unspecified atom stereocenters. The number of carboxylic acids is 1. The van der Waals surface area contributed by atoms with Crippen molar-refractivity contribution in [3.05, 3.63) is 65.5 Å². The second-order valence-electron chi connectivity index (χ2n) is 5.38. The summed E-state index contributed by atoms with van der Waals surface area (Å²) < 4.78 is 5.06. The number of pyridine rings is 1. The number of carbonyl (C=O) groups excluding carboxylic acids is 1. The molecule has 132 valence electrons. The molecule has 1 atom stereocenters. The van der Waals surface area contributed by atoms with Gasteiger partial charge in [-0.2, -0.15) is 11.8 Å². The van der Waals surface area contributed by atoms with Crippen LogP contribution in [0, 0.1) is 6.92 Å². The van der Waals surface area contributed by atoms with Gasteiger partial charge in [0.1, 0.15) is 12.6 Å². The van der Waals surface area contributed by atoms with Crippen LogP contribution in [0.1, 0.15) is 16.8 Å². The van der Waals surface area contributed by atoms with E-state index in [1.54, 1.807) is 6.20 Å². The fourth-order valence-corrected chi connectivity index (χ4v) is 3.10. The first-order chi connectivity index (χ1) is 12.1. The number of ether oxygens (including phenoxy) is 1. The molecule has 7 heteroatoms. The molecule has 0 saturated heterocycles. The van der Waals surface area contributed by atoms with Gasteiger partial charge >= 0.3 is 12.1 Å². The van der Waals surface area contributed by atoms with Crippen molar-refractivity contribution in [3.63, 3.8) is 0 Å². The fourth-order valence-electron chi connectivity index (χ4n) is 2.02. The van der Waals surface area contributed by atoms with Crippen molar-refractivity contribution < 1.29 is 19.4 Å². The second-order valence-corrected chi connectivity index (χ2v) is 6.41. The number of aromatic nitrogens is 1. The number of aryl methyl sites for hydroxylation is 1. The Bertz CT molecular complexity index is 709. The Morgan fingerprint density at radius 2 is 2.00 bits per heavy atom. The number of nitrogens with one attached hydrogen (secondary N) is 1. The normalized spacial score (nSPS) is 11.6. The number of carboxylic acid groups (broad SMARTS) is 1. The Labute approximate surface area is 150 Å². The van der Waals surface area contributed by atoms with E-state index in [9.17, 15) is 14.7 Å². The van der Waals surface area contributed by atoms with Crippen LogP contribution in [0.4, 0.5) is 4.79 Å². The van der Waals surface area contributed by atoms with E-state index in [0.29, 0.717) is 5.75 Å². The second kappa shape index (κ2) is 9.68. The maximum Gasteiger partial charge on any atom is 0.408 e. The zero-order valence-corrected chi connectivity index (χ0v) is 14.7. The van der Waals surface area contributed by atoms with Crippen molar-refractivity contribution in [1.29, 1.82) is 0 Å². The van der Waals surface area contributed by atoms with Crippen molar-refractivity contribution >= 4 is 23.8 Å². The molecule has 0 aliphatic carbocycles. The number of alkyl carbamates (subject to hydrolysis) is 1. The number of thioether (sulfide) groups is 1. The molecule has 0 saturated carbocycles. The van der Waals surface area contributed by atoms with E-state index in [4.69, 9.17) is 4.74 Å². The number of carbonyl (C=O) groups is 2. The average molecular weight is 360 g/mol. The Balaban J connectivity index is 1.78. The lowest BCUT2D eigenvalue weighted by Gasteiger charge is -2.14. The minimum absolute atomic E-state index is 0.0965. The third-order valence-electron chi connectivity index (χ3n) is 3.44. The maximum atomic E-state index is 11.8. The van der Waals surface area contributed by atoms with E-state index >= 15 is 0 Å². The highest BCUT2D eigenvalue weighted by Crippen LogP contribution is 2.14. The van der Waals surface area contributed by atoms with Crippen LogP contribution in [0.5, 0.6) is 0 Å². The third-order valence-corrected chi connectivity index (χ3v) is 4.49. The van der Waals surface area contributed by atoms with Crippen LogP contribution in [-0.2, 0) is 21.9 Å². The summed E-state index contributed by atoms with van der Waals surface area (Å²) in [5, 5.41) is 11.6. The Hall–Kier alpha value is -2.54. The van der Waals surface area contributed by atoms with Crippen LogP contribution < -0.4 is 5.32 Å². The highest BCUT2D eigenvalue weighted by atomic mass is 32.2. The summed E-state index contributed by atoms with van der Waals surface area (Å²) in [6.45, 7) is 2.05. The van der Waals surface area contributed by atoms with Crippen molar-refractivity contribution in [1.82, 2.24) is 10.3 Å². The van der Waals surface area contributed by atoms with E-state index in [1.807, 2.05) is 49.4 Å². The smallest absolute Gasteiger partial charge is 0.408 e. The van der Waals surface area contributed by atoms with Gasteiger partial charge in [-0.3, -0.25) is 4.98 Å². The monoisotopic (exact) mass is 360 g/mol. The third kappa shape index (κ3) is 6.46. The van der Waals surface area contributed by atoms with E-state index in [0.717, 1.165) is 16.8 Å². The molecule has 1 amide bonds. The number of hydrogen-bond acceptors (Lipinski definition) is 5. The summed E-state index contributed by atoms with van der Waals surface area (Å²) >= 11 is 1.40. The molecular weight excluding hydrogens is 340 g/mol. The van der Waals surface area contributed by atoms with Gasteiger partial charge in [0, 0.05) is 17.7 Å². The minimum Gasteiger partial charge on any atom is -0.480 e. The van der Waals surface area contributed by atoms with Crippen LogP contribution in [0.25, 0.3) is 0 Å². The molecule has 0 bridgehead atoms. The Morgan fingerprint density at radius 1 is 1.24 bits per heavy atom. The van der Waals surface area contributed by atoms with Gasteiger partial charge in [-0.1, -0.05) is 36.4 Å². The van der Waals surface area contributed by atoms with Gasteiger partial charge in [-0.05, 0) is 24.1 Å². The lowest BCUT2D eigenvalue weighted by molar-refractivity contribution is -0.138. The molecule has 1 heterocycles. The van der Waals surface area contributed by atoms with Gasteiger partial charge in [-0.15, -0.1) is 0 Å². The van der Waals surface area contributed by atoms with Gasteiger partial charge in [0.2, 0.25) is 0 Å². The number of nitrogens with zero attached hydrogens (tertiary/aromatic N) is 1. The summed E-state index contributed by atoms with van der Waals surface area (Å²) in [6.07, 6.45) is 0.961. The van der Waals surface area contributed by atoms with Crippen LogP contribution in [0.15, 0.2) is 48.7 Å². The average Bonchev–Trinajstić information content (AvgIpc) is 2.61. The Morgan fingerprint density at radius 3 is 2.68 bits per heavy atom. The van der Waals surface area contributed by atoms with Crippen molar-refractivity contribution in [2.45, 2.75) is 25.3 Å². The van der Waals surface area contributed by atoms with Gasteiger partial charge in [0.05, 0.1) is 5.69 Å². The van der Waals surface area contributed by atoms with Gasteiger partial charge in [-0.25, -0.2) is 9.59 Å². The molecule has 0 spiro atoms. The molecule has 2 rings (SSSR count). The Kier molecular flexibility index (Phi) is 7.28. The SMILES string of the molecule is Cc1cccnc1CSCC(NC(=O)OCc1ccccc1)C(=O)O. The van der Waals surface area contributed by atoms with Crippen LogP contribution in [-0.4, -0.2) is 33.9 Å². The van der Waals surface area contributed by atoms with E-state index in [2.05, 4.69) is 10.3 Å². The van der Waals surface area contributed by atoms with Gasteiger partial charge in [0.15, 0.2) is 0 Å². The molecule has 0 aliphatic rings. The highest BCUT2D eigenvalue weighted by Gasteiger charge is 2.20. The number of hydrogen-bond donors (Lipinski definition) is 2. The molecule has 0 radical (unpaired) electrons. The van der Waals surface area contributed by atoms with Crippen LogP contribution in [0.2, 0.25) is 0 Å². The van der Waals surface area contributed by atoms with Gasteiger partial charge < -0.3 is 15.2 Å². The first-order valence-corrected chi connectivity index (χ1v) is 8.90. The summed E-state index contributed by atoms with van der Waals surface area (Å²) in [7, 11) is 0. The summed E-state index contributed by atoms with van der Waals surface area (Å²) in [5.41, 5.74) is 2.80. The largest absolute Gasteiger partial charge is 0.480 e. The molecular formula is C18H20N2O4S. The van der Waals surface area contributed by atoms with Crippen molar-refractivity contribution in [3.8, 4) is 0 Å². The van der Waals surface area contributed by atoms with Crippen LogP contribution in [0.3, 0.4) is 0 Å². The minimum atomic E-state index is -1.10. The van der Waals surface area contributed by atoms with E-state index < -0.39 is 18.1 Å². The van der Waals surface area contributed by atoms with E-state index in [1.165, 1.54) is 11.8 Å². The summed E-state index contributed by atoms with van der Waals surface area (Å²) in [5.74, 6) is -0.287. The fraction of sp³-hybridized carbons (Fsp3) is 0.278. The molecule has 6 nitrogen and oxygen atoms in total. The number of amides is 1. The van der Waals surface area contributed by atoms with E-state index in [-0.39, 0.29) is 12.4 Å². The molecule has 0 fully saturated rings. The van der Waals surface area contributed by atoms with Crippen molar-refractivity contribution in [2.75, 3.05) is 5.75 Å². The van der Waals surface area contributed by atoms with Crippen LogP contribution >= 0.6 is 11.8 Å². The molecule has 1 aromatic heterocycles. The standard InChI is InChI=1S/C18H20N2O4S/c1-13-6-5-9-19-15(13)11-25-12-16(17(21)22)20-18(23)24-10-14-7-3-2-4-8-14/h2-9,16H,10-12H2,1H3,(H,20,23)(H,21,22). The predicted octanol–water partition coefficient (Wildman–Crippen LogP) is 3.00. The molecule has 2 aromatic rings. The van der Waals surface area contributed by atoms with Crippen molar-refractivity contribution in [2.24, 2.45) is 0 Å². The topological polar surface area (TPSA) is 88.5 Å². The first kappa shape index (κ1) is 18.8. The van der Waals surface area contributed by atoms with Gasteiger partial charge in [0.25, 0.3) is 0 Å². The molecule has 1 aromatic carbocycles. The summed E-state index contributed by atoms with van der Waals surface area (Å²) in [4.78, 5) is 27.4. The zero-order chi connectivity index (χ0) is 18.1. The quantitative estimate of drug-likeness (QED) is 0.752. The molecule has 0 aliphatic heterocycles. The molecule has 2 N–H and O–H groups in total. The number of benzene rings is 1. The zero-order valence-electron chi connectivity index (χ0n) is 13.8.